The Morgan fingerprint density at radius 3 is 2.48 bits per heavy atom. The van der Waals surface area contributed by atoms with Crippen molar-refractivity contribution in [2.45, 2.75) is 50.9 Å². The number of carbonyl (C=O) groups is 3. The van der Waals surface area contributed by atoms with Gasteiger partial charge in [0.2, 0.25) is 11.8 Å². The molecule has 2 N–H and O–H groups in total. The van der Waals surface area contributed by atoms with Crippen LogP contribution in [0.15, 0.2) is 18.2 Å². The molecule has 31 heavy (non-hydrogen) atoms. The van der Waals surface area contributed by atoms with Crippen LogP contribution in [-0.4, -0.2) is 83.8 Å². The molecular weight excluding hydrogens is 394 g/mol. The lowest BCUT2D eigenvalue weighted by molar-refractivity contribution is -0.136. The third-order valence-corrected chi connectivity index (χ3v) is 7.22. The van der Waals surface area contributed by atoms with Crippen molar-refractivity contribution < 1.29 is 14.4 Å². The van der Waals surface area contributed by atoms with E-state index in [9.17, 15) is 14.4 Å². The summed E-state index contributed by atoms with van der Waals surface area (Å²) in [5, 5.41) is 5.79. The summed E-state index contributed by atoms with van der Waals surface area (Å²) in [4.78, 5) is 43.4. The molecule has 1 unspecified atom stereocenters. The number of nitrogens with zero attached hydrogens (tertiary/aromatic N) is 3. The van der Waals surface area contributed by atoms with Gasteiger partial charge >= 0.3 is 0 Å². The largest absolute Gasteiger partial charge is 0.322 e. The lowest BCUT2D eigenvalue weighted by atomic mass is 10.0. The van der Waals surface area contributed by atoms with Crippen molar-refractivity contribution in [2.75, 3.05) is 39.3 Å². The Bertz CT molecular complexity index is 874. The Balaban J connectivity index is 1.19. The molecule has 166 valence electrons. The zero-order chi connectivity index (χ0) is 21.4. The molecule has 8 nitrogen and oxygen atoms in total. The van der Waals surface area contributed by atoms with Gasteiger partial charge in [0.1, 0.15) is 6.04 Å². The molecule has 0 aromatic heterocycles. The van der Waals surface area contributed by atoms with Crippen molar-refractivity contribution >= 4 is 17.7 Å². The van der Waals surface area contributed by atoms with E-state index in [1.807, 2.05) is 12.1 Å². The number of nitrogens with one attached hydrogen (secondary N) is 2. The third-order valence-electron chi connectivity index (χ3n) is 7.22. The highest BCUT2D eigenvalue weighted by Gasteiger charge is 2.39. The maximum Gasteiger partial charge on any atom is 0.255 e. The number of likely N-dealkylation sites (tertiary alicyclic amines) is 1. The highest BCUT2D eigenvalue weighted by Crippen LogP contribution is 2.29. The minimum atomic E-state index is -0.551. The molecule has 4 aliphatic rings. The number of amides is 3. The van der Waals surface area contributed by atoms with Gasteiger partial charge in [0.15, 0.2) is 0 Å². The van der Waals surface area contributed by atoms with Crippen molar-refractivity contribution in [2.24, 2.45) is 0 Å². The van der Waals surface area contributed by atoms with E-state index in [1.165, 1.54) is 12.8 Å². The average molecular weight is 426 g/mol. The highest BCUT2D eigenvalue weighted by atomic mass is 16.2. The molecule has 0 aliphatic carbocycles. The van der Waals surface area contributed by atoms with Gasteiger partial charge in [-0.25, -0.2) is 0 Å². The first-order chi connectivity index (χ1) is 15.1. The molecule has 1 aromatic carbocycles. The number of hydrogen-bond donors (Lipinski definition) is 2. The number of hydrogen-bond acceptors (Lipinski definition) is 6. The van der Waals surface area contributed by atoms with Gasteiger partial charge in [-0.2, -0.15) is 0 Å². The summed E-state index contributed by atoms with van der Waals surface area (Å²) in [7, 11) is 0. The van der Waals surface area contributed by atoms with E-state index in [1.54, 1.807) is 4.90 Å². The lowest BCUT2D eigenvalue weighted by Crippen LogP contribution is -2.52. The molecule has 1 atom stereocenters. The summed E-state index contributed by atoms with van der Waals surface area (Å²) in [6.45, 7) is 7.97. The summed E-state index contributed by atoms with van der Waals surface area (Å²) in [5.41, 5.74) is 2.83. The zero-order valence-electron chi connectivity index (χ0n) is 17.9. The fraction of sp³-hybridized carbons (Fsp3) is 0.609. The Morgan fingerprint density at radius 1 is 0.968 bits per heavy atom. The van der Waals surface area contributed by atoms with Crippen LogP contribution in [0.2, 0.25) is 0 Å². The molecular formula is C23H31N5O3. The van der Waals surface area contributed by atoms with Gasteiger partial charge in [-0.05, 0) is 49.5 Å². The Hall–Kier alpha value is -2.29. The maximum atomic E-state index is 13.0. The molecule has 0 saturated carbocycles. The normalized spacial score (nSPS) is 26.3. The Morgan fingerprint density at radius 2 is 1.74 bits per heavy atom. The molecule has 3 amide bonds. The Kier molecular flexibility index (Phi) is 5.77. The van der Waals surface area contributed by atoms with Crippen LogP contribution in [0.5, 0.6) is 0 Å². The number of fused-ring (bicyclic) bond motifs is 1. The van der Waals surface area contributed by atoms with Gasteiger partial charge in [0, 0.05) is 57.3 Å². The molecule has 4 aliphatic heterocycles. The number of rotatable bonds is 4. The Labute approximate surface area is 182 Å². The zero-order valence-corrected chi connectivity index (χ0v) is 17.9. The highest BCUT2D eigenvalue weighted by molar-refractivity contribution is 6.05. The predicted octanol–water partition coefficient (Wildman–Crippen LogP) is 0.317. The maximum absolute atomic E-state index is 13.0. The van der Waals surface area contributed by atoms with Crippen LogP contribution in [0, 0.1) is 0 Å². The van der Waals surface area contributed by atoms with Crippen LogP contribution in [0.3, 0.4) is 0 Å². The third kappa shape index (κ3) is 4.24. The monoisotopic (exact) mass is 425 g/mol. The van der Waals surface area contributed by atoms with Crippen molar-refractivity contribution in [1.82, 2.24) is 25.3 Å². The fourth-order valence-electron chi connectivity index (χ4n) is 5.45. The van der Waals surface area contributed by atoms with E-state index in [0.29, 0.717) is 24.6 Å². The van der Waals surface area contributed by atoms with E-state index in [-0.39, 0.29) is 24.1 Å². The molecule has 1 aromatic rings. The molecule has 0 spiro atoms. The van der Waals surface area contributed by atoms with Gasteiger partial charge in [-0.1, -0.05) is 12.1 Å². The molecule has 8 heteroatoms. The summed E-state index contributed by atoms with van der Waals surface area (Å²) < 4.78 is 0. The van der Waals surface area contributed by atoms with Crippen LogP contribution in [-0.2, 0) is 22.7 Å². The van der Waals surface area contributed by atoms with E-state index >= 15 is 0 Å². The van der Waals surface area contributed by atoms with Gasteiger partial charge in [-0.15, -0.1) is 0 Å². The second kappa shape index (κ2) is 8.68. The summed E-state index contributed by atoms with van der Waals surface area (Å²) in [5.74, 6) is -0.706. The molecule has 3 saturated heterocycles. The lowest BCUT2D eigenvalue weighted by Gasteiger charge is -2.40. The molecule has 0 radical (unpaired) electrons. The summed E-state index contributed by atoms with van der Waals surface area (Å²) in [6.07, 6.45) is 3.09. The van der Waals surface area contributed by atoms with E-state index in [0.717, 1.165) is 56.9 Å². The van der Waals surface area contributed by atoms with Crippen molar-refractivity contribution in [3.05, 3.63) is 34.9 Å². The quantitative estimate of drug-likeness (QED) is 0.676. The number of imide groups is 1. The molecule has 5 rings (SSSR count). The average Bonchev–Trinajstić information content (AvgIpc) is 3.11. The van der Waals surface area contributed by atoms with Gasteiger partial charge in [-0.3, -0.25) is 29.5 Å². The minimum absolute atomic E-state index is 0.0937. The summed E-state index contributed by atoms with van der Waals surface area (Å²) in [6, 6.07) is 6.29. The van der Waals surface area contributed by atoms with Gasteiger partial charge in [0.25, 0.3) is 5.91 Å². The van der Waals surface area contributed by atoms with Gasteiger partial charge < -0.3 is 10.2 Å². The van der Waals surface area contributed by atoms with E-state index < -0.39 is 6.04 Å². The van der Waals surface area contributed by atoms with E-state index in [4.69, 9.17) is 0 Å². The number of piperazine rings is 1. The number of benzene rings is 1. The fourth-order valence-corrected chi connectivity index (χ4v) is 5.45. The van der Waals surface area contributed by atoms with Crippen molar-refractivity contribution in [3.8, 4) is 0 Å². The first-order valence-corrected chi connectivity index (χ1v) is 11.5. The van der Waals surface area contributed by atoms with Crippen LogP contribution in [0.1, 0.15) is 47.2 Å². The van der Waals surface area contributed by atoms with Crippen LogP contribution in [0.4, 0.5) is 0 Å². The molecule has 0 bridgehead atoms. The number of piperidine rings is 2. The molecule has 3 fully saturated rings. The van der Waals surface area contributed by atoms with Crippen molar-refractivity contribution in [1.29, 1.82) is 0 Å². The SMILES string of the molecule is O=C1CCC(N2Cc3ccc(CN4CCC(N5CCNCC5)CC4)cc3C2=O)C(=O)N1. The number of carbonyl (C=O) groups excluding carboxylic acids is 3. The standard InChI is InChI=1S/C23H31N5O3/c29-21-4-3-20(22(30)25-21)28-15-17-2-1-16(13-19(17)23(28)31)14-26-9-5-18(6-10-26)27-11-7-24-8-12-27/h1-2,13,18,20,24H,3-12,14-15H2,(H,25,29,30). The summed E-state index contributed by atoms with van der Waals surface area (Å²) >= 11 is 0. The topological polar surface area (TPSA) is 85.0 Å². The van der Waals surface area contributed by atoms with Crippen molar-refractivity contribution in [3.63, 3.8) is 0 Å². The minimum Gasteiger partial charge on any atom is -0.322 e. The first kappa shape index (κ1) is 20.6. The second-order valence-corrected chi connectivity index (χ2v) is 9.18. The molecule has 4 heterocycles. The van der Waals surface area contributed by atoms with E-state index in [2.05, 4.69) is 26.5 Å². The second-order valence-electron chi connectivity index (χ2n) is 9.18. The van der Waals surface area contributed by atoms with Crippen LogP contribution < -0.4 is 10.6 Å². The predicted molar refractivity (Wildman–Crippen MR) is 115 cm³/mol. The van der Waals surface area contributed by atoms with Gasteiger partial charge in [0.05, 0.1) is 0 Å². The first-order valence-electron chi connectivity index (χ1n) is 11.5. The smallest absolute Gasteiger partial charge is 0.255 e. The van der Waals surface area contributed by atoms with Crippen LogP contribution >= 0.6 is 0 Å². The van der Waals surface area contributed by atoms with Crippen LogP contribution in [0.25, 0.3) is 0 Å².